The van der Waals surface area contributed by atoms with Gasteiger partial charge in [0.1, 0.15) is 0 Å². The summed E-state index contributed by atoms with van der Waals surface area (Å²) in [5, 5.41) is 3.35. The van der Waals surface area contributed by atoms with E-state index < -0.39 is 0 Å². The largest absolute Gasteiger partial charge is 0.368 e. The van der Waals surface area contributed by atoms with Gasteiger partial charge in [0.15, 0.2) is 0 Å². The van der Waals surface area contributed by atoms with E-state index in [1.807, 2.05) is 19.0 Å². The van der Waals surface area contributed by atoms with Crippen molar-refractivity contribution in [2.24, 2.45) is 5.92 Å². The van der Waals surface area contributed by atoms with E-state index in [1.165, 1.54) is 25.7 Å². The molecule has 3 N–H and O–H groups in total. The maximum absolute atomic E-state index is 5.70. The van der Waals surface area contributed by atoms with E-state index in [9.17, 15) is 0 Å². The molecule has 6 nitrogen and oxygen atoms in total. The number of nitrogens with zero attached hydrogens (tertiary/aromatic N) is 4. The van der Waals surface area contributed by atoms with Crippen molar-refractivity contribution in [3.63, 3.8) is 0 Å². The Bertz CT molecular complexity index is 400. The van der Waals surface area contributed by atoms with Crippen LogP contribution in [0.1, 0.15) is 32.6 Å². The number of hydrogen-bond donors (Lipinski definition) is 2. The topological polar surface area (TPSA) is 80.0 Å². The smallest absolute Gasteiger partial charge is 0.231 e. The molecule has 1 fully saturated rings. The summed E-state index contributed by atoms with van der Waals surface area (Å²) >= 11 is 0. The van der Waals surface area contributed by atoms with E-state index in [0.29, 0.717) is 23.9 Å². The van der Waals surface area contributed by atoms with E-state index in [0.717, 1.165) is 0 Å². The zero-order chi connectivity index (χ0) is 13.1. The van der Waals surface area contributed by atoms with Gasteiger partial charge in [-0.3, -0.25) is 0 Å². The van der Waals surface area contributed by atoms with Gasteiger partial charge in [-0.05, 0) is 25.7 Å². The van der Waals surface area contributed by atoms with E-state index in [2.05, 4.69) is 27.2 Å². The number of nitrogens with two attached hydrogens (primary N) is 1. The highest BCUT2D eigenvalue weighted by Gasteiger charge is 2.22. The minimum Gasteiger partial charge on any atom is -0.368 e. The first-order valence-corrected chi connectivity index (χ1v) is 6.51. The molecule has 1 unspecified atom stereocenters. The first kappa shape index (κ1) is 12.9. The third-order valence-corrected chi connectivity index (χ3v) is 3.50. The molecule has 1 aromatic heterocycles. The van der Waals surface area contributed by atoms with Crippen LogP contribution in [-0.4, -0.2) is 35.1 Å². The van der Waals surface area contributed by atoms with Crippen molar-refractivity contribution in [2.75, 3.05) is 30.0 Å². The Balaban J connectivity index is 2.08. The molecule has 0 bridgehead atoms. The van der Waals surface area contributed by atoms with Crippen LogP contribution >= 0.6 is 0 Å². The van der Waals surface area contributed by atoms with Gasteiger partial charge in [-0.1, -0.05) is 12.8 Å². The van der Waals surface area contributed by atoms with Gasteiger partial charge in [0.05, 0.1) is 0 Å². The summed E-state index contributed by atoms with van der Waals surface area (Å²) in [7, 11) is 3.78. The Hall–Kier alpha value is -1.59. The molecule has 0 radical (unpaired) electrons. The number of hydrogen-bond acceptors (Lipinski definition) is 6. The maximum atomic E-state index is 5.70. The molecule has 1 heterocycles. The first-order valence-electron chi connectivity index (χ1n) is 6.51. The van der Waals surface area contributed by atoms with Crippen LogP contribution in [0.25, 0.3) is 0 Å². The van der Waals surface area contributed by atoms with Crippen LogP contribution < -0.4 is 16.0 Å². The van der Waals surface area contributed by atoms with Crippen molar-refractivity contribution < 1.29 is 0 Å². The van der Waals surface area contributed by atoms with Gasteiger partial charge in [0.25, 0.3) is 0 Å². The monoisotopic (exact) mass is 250 g/mol. The number of anilines is 3. The van der Waals surface area contributed by atoms with Crippen LogP contribution in [0.3, 0.4) is 0 Å². The summed E-state index contributed by atoms with van der Waals surface area (Å²) in [6.45, 7) is 2.19. The Labute approximate surface area is 108 Å². The van der Waals surface area contributed by atoms with Crippen LogP contribution in [0.5, 0.6) is 0 Å². The molecular weight excluding hydrogens is 228 g/mol. The Kier molecular flexibility index (Phi) is 3.84. The molecule has 0 amide bonds. The van der Waals surface area contributed by atoms with E-state index in [4.69, 9.17) is 5.73 Å². The Morgan fingerprint density at radius 1 is 1.22 bits per heavy atom. The number of rotatable bonds is 4. The van der Waals surface area contributed by atoms with Gasteiger partial charge in [0, 0.05) is 20.1 Å². The van der Waals surface area contributed by atoms with Gasteiger partial charge >= 0.3 is 0 Å². The van der Waals surface area contributed by atoms with Gasteiger partial charge in [-0.25, -0.2) is 0 Å². The van der Waals surface area contributed by atoms with Gasteiger partial charge in [-0.2, -0.15) is 15.0 Å². The average Bonchev–Trinajstić information content (AvgIpc) is 2.81. The maximum Gasteiger partial charge on any atom is 0.231 e. The van der Waals surface area contributed by atoms with Crippen LogP contribution in [0, 0.1) is 5.92 Å². The minimum atomic E-state index is 0.259. The number of nitrogen functional groups attached to an aromatic ring is 1. The van der Waals surface area contributed by atoms with E-state index in [1.54, 1.807) is 0 Å². The molecule has 1 aliphatic carbocycles. The molecule has 1 aromatic rings. The zero-order valence-electron chi connectivity index (χ0n) is 11.3. The third-order valence-electron chi connectivity index (χ3n) is 3.50. The second kappa shape index (κ2) is 5.37. The predicted octanol–water partition coefficient (Wildman–Crippen LogP) is 1.51. The van der Waals surface area contributed by atoms with Crippen molar-refractivity contribution in [3.8, 4) is 0 Å². The van der Waals surface area contributed by atoms with E-state index >= 15 is 0 Å². The standard InChI is InChI=1S/C12H22N6/c1-8(9-6-4-5-7-9)14-11-15-10(13)16-12(17-11)18(2)3/h8-9H,4-7H2,1-3H3,(H3,13,14,15,16,17). The second-order valence-electron chi connectivity index (χ2n) is 5.19. The first-order chi connectivity index (χ1) is 8.56. The molecule has 6 heteroatoms. The second-order valence-corrected chi connectivity index (χ2v) is 5.19. The summed E-state index contributed by atoms with van der Waals surface area (Å²) in [6.07, 6.45) is 5.24. The molecule has 18 heavy (non-hydrogen) atoms. The molecule has 1 saturated carbocycles. The van der Waals surface area contributed by atoms with Crippen LogP contribution in [0.15, 0.2) is 0 Å². The highest BCUT2D eigenvalue weighted by atomic mass is 15.3. The van der Waals surface area contributed by atoms with Gasteiger partial charge in [-0.15, -0.1) is 0 Å². The van der Waals surface area contributed by atoms with Gasteiger partial charge in [0.2, 0.25) is 17.8 Å². The summed E-state index contributed by atoms with van der Waals surface area (Å²) in [6, 6.07) is 0.379. The SMILES string of the molecule is CC(Nc1nc(N)nc(N(C)C)n1)C1CCCC1. The molecule has 100 valence electrons. The average molecular weight is 250 g/mol. The quantitative estimate of drug-likeness (QED) is 0.843. The van der Waals surface area contributed by atoms with Crippen molar-refractivity contribution >= 4 is 17.8 Å². The minimum absolute atomic E-state index is 0.259. The Morgan fingerprint density at radius 2 is 1.89 bits per heavy atom. The van der Waals surface area contributed by atoms with Crippen molar-refractivity contribution in [2.45, 2.75) is 38.6 Å². The summed E-state index contributed by atoms with van der Waals surface area (Å²) in [5.74, 6) is 2.13. The lowest BCUT2D eigenvalue weighted by molar-refractivity contribution is 0.480. The van der Waals surface area contributed by atoms with Crippen LogP contribution in [-0.2, 0) is 0 Å². The molecule has 0 aliphatic heterocycles. The molecule has 0 saturated heterocycles. The molecule has 2 rings (SSSR count). The fourth-order valence-electron chi connectivity index (χ4n) is 2.42. The molecule has 1 atom stereocenters. The van der Waals surface area contributed by atoms with Crippen LogP contribution in [0.2, 0.25) is 0 Å². The van der Waals surface area contributed by atoms with Crippen molar-refractivity contribution in [1.29, 1.82) is 0 Å². The van der Waals surface area contributed by atoms with Crippen LogP contribution in [0.4, 0.5) is 17.8 Å². The fraction of sp³-hybridized carbons (Fsp3) is 0.750. The Morgan fingerprint density at radius 3 is 2.50 bits per heavy atom. The third kappa shape index (κ3) is 3.00. The van der Waals surface area contributed by atoms with Crippen molar-refractivity contribution in [1.82, 2.24) is 15.0 Å². The number of aromatic nitrogens is 3. The highest BCUT2D eigenvalue weighted by Crippen LogP contribution is 2.28. The summed E-state index contributed by atoms with van der Waals surface area (Å²) in [5.41, 5.74) is 5.70. The number of nitrogens with one attached hydrogen (secondary N) is 1. The molecule has 0 aromatic carbocycles. The fourth-order valence-corrected chi connectivity index (χ4v) is 2.42. The predicted molar refractivity (Wildman–Crippen MR) is 73.6 cm³/mol. The lowest BCUT2D eigenvalue weighted by atomic mass is 10.0. The molecule has 1 aliphatic rings. The molecular formula is C12H22N6. The zero-order valence-corrected chi connectivity index (χ0v) is 11.3. The molecule has 0 spiro atoms. The van der Waals surface area contributed by atoms with E-state index in [-0.39, 0.29) is 5.95 Å². The van der Waals surface area contributed by atoms with Crippen molar-refractivity contribution in [3.05, 3.63) is 0 Å². The summed E-state index contributed by atoms with van der Waals surface area (Å²) < 4.78 is 0. The summed E-state index contributed by atoms with van der Waals surface area (Å²) in [4.78, 5) is 14.4. The lowest BCUT2D eigenvalue weighted by Gasteiger charge is -2.21. The lowest BCUT2D eigenvalue weighted by Crippen LogP contribution is -2.26. The normalized spacial score (nSPS) is 17.7. The highest BCUT2D eigenvalue weighted by molar-refractivity contribution is 5.41. The van der Waals surface area contributed by atoms with Gasteiger partial charge < -0.3 is 16.0 Å².